The standard InChI is InChI=1S/C19H21F2NO.C2H2O4/c1-19(2,12-13-3-7-15(20)8-4-13)18(23)11-17(22)14-5-9-16(21)10-6-14;3-1(4)2(5)6/h3-10,17H,11-12,22H2,1-2H3;(H,3,4)(H,5,6). The van der Waals surface area contributed by atoms with Crippen LogP contribution in [0.4, 0.5) is 8.78 Å². The molecule has 0 saturated heterocycles. The molecular weight excluding hydrogens is 384 g/mol. The van der Waals surface area contributed by atoms with Gasteiger partial charge in [0.1, 0.15) is 17.4 Å². The highest BCUT2D eigenvalue weighted by Crippen LogP contribution is 2.28. The van der Waals surface area contributed by atoms with E-state index in [0.29, 0.717) is 6.42 Å². The minimum atomic E-state index is -1.82. The van der Waals surface area contributed by atoms with Gasteiger partial charge in [0.25, 0.3) is 0 Å². The molecule has 29 heavy (non-hydrogen) atoms. The van der Waals surface area contributed by atoms with Gasteiger partial charge in [-0.05, 0) is 41.8 Å². The molecule has 2 aromatic rings. The number of carboxylic acid groups (broad SMARTS) is 2. The number of Topliss-reactive ketones (excluding diaryl/α,β-unsaturated/α-hetero) is 1. The van der Waals surface area contributed by atoms with Crippen LogP contribution in [-0.4, -0.2) is 27.9 Å². The number of nitrogens with two attached hydrogens (primary N) is 1. The summed E-state index contributed by atoms with van der Waals surface area (Å²) >= 11 is 0. The van der Waals surface area contributed by atoms with Crippen molar-refractivity contribution in [1.29, 1.82) is 0 Å². The topological polar surface area (TPSA) is 118 Å². The monoisotopic (exact) mass is 407 g/mol. The molecule has 6 nitrogen and oxygen atoms in total. The van der Waals surface area contributed by atoms with Crippen LogP contribution in [0.2, 0.25) is 0 Å². The maximum Gasteiger partial charge on any atom is 0.414 e. The van der Waals surface area contributed by atoms with Crippen LogP contribution in [0.15, 0.2) is 48.5 Å². The highest BCUT2D eigenvalue weighted by atomic mass is 19.1. The third-order valence-corrected chi connectivity index (χ3v) is 4.20. The molecule has 1 atom stereocenters. The van der Waals surface area contributed by atoms with E-state index in [0.717, 1.165) is 11.1 Å². The molecule has 0 fully saturated rings. The van der Waals surface area contributed by atoms with Gasteiger partial charge in [0.05, 0.1) is 0 Å². The van der Waals surface area contributed by atoms with Crippen molar-refractivity contribution in [2.75, 3.05) is 0 Å². The summed E-state index contributed by atoms with van der Waals surface area (Å²) in [5.74, 6) is -4.25. The molecule has 8 heteroatoms. The van der Waals surface area contributed by atoms with Gasteiger partial charge in [-0.25, -0.2) is 18.4 Å². The highest BCUT2D eigenvalue weighted by Gasteiger charge is 2.29. The lowest BCUT2D eigenvalue weighted by Crippen LogP contribution is -2.30. The Morgan fingerprint density at radius 3 is 1.72 bits per heavy atom. The minimum absolute atomic E-state index is 0.0265. The Hall–Kier alpha value is -3.13. The predicted molar refractivity (Wildman–Crippen MR) is 102 cm³/mol. The Morgan fingerprint density at radius 1 is 0.897 bits per heavy atom. The quantitative estimate of drug-likeness (QED) is 0.632. The fourth-order valence-electron chi connectivity index (χ4n) is 2.52. The van der Waals surface area contributed by atoms with Gasteiger partial charge in [0.15, 0.2) is 0 Å². The van der Waals surface area contributed by atoms with Gasteiger partial charge >= 0.3 is 11.9 Å². The van der Waals surface area contributed by atoms with Crippen LogP contribution >= 0.6 is 0 Å². The summed E-state index contributed by atoms with van der Waals surface area (Å²) in [4.78, 5) is 30.8. The van der Waals surface area contributed by atoms with Gasteiger partial charge in [-0.1, -0.05) is 38.1 Å². The number of rotatable bonds is 6. The molecule has 0 aliphatic carbocycles. The van der Waals surface area contributed by atoms with E-state index in [1.165, 1.54) is 24.3 Å². The molecule has 156 valence electrons. The summed E-state index contributed by atoms with van der Waals surface area (Å²) in [6.07, 6.45) is 0.697. The molecule has 0 saturated carbocycles. The molecule has 0 aliphatic heterocycles. The van der Waals surface area contributed by atoms with E-state index in [9.17, 15) is 13.6 Å². The third-order valence-electron chi connectivity index (χ3n) is 4.20. The van der Waals surface area contributed by atoms with Crippen LogP contribution in [-0.2, 0) is 20.8 Å². The molecule has 0 heterocycles. The molecule has 0 amide bonds. The van der Waals surface area contributed by atoms with Crippen molar-refractivity contribution in [3.05, 3.63) is 71.3 Å². The summed E-state index contributed by atoms with van der Waals surface area (Å²) in [7, 11) is 0. The van der Waals surface area contributed by atoms with Crippen molar-refractivity contribution in [3.63, 3.8) is 0 Å². The second-order valence-electron chi connectivity index (χ2n) is 7.08. The van der Waals surface area contributed by atoms with Crippen LogP contribution in [0.25, 0.3) is 0 Å². The van der Waals surface area contributed by atoms with Crippen molar-refractivity contribution in [3.8, 4) is 0 Å². The Labute approximate surface area is 167 Å². The van der Waals surface area contributed by atoms with Gasteiger partial charge in [0, 0.05) is 17.9 Å². The first kappa shape index (κ1) is 23.9. The highest BCUT2D eigenvalue weighted by molar-refractivity contribution is 6.27. The lowest BCUT2D eigenvalue weighted by atomic mass is 9.79. The number of carbonyl (C=O) groups is 3. The molecular formula is C21H23F2NO5. The molecule has 1 unspecified atom stereocenters. The van der Waals surface area contributed by atoms with E-state index in [2.05, 4.69) is 0 Å². The van der Waals surface area contributed by atoms with Crippen LogP contribution in [0.5, 0.6) is 0 Å². The molecule has 4 N–H and O–H groups in total. The van der Waals surface area contributed by atoms with E-state index in [-0.39, 0.29) is 23.8 Å². The SMILES string of the molecule is CC(C)(Cc1ccc(F)cc1)C(=O)CC(N)c1ccc(F)cc1.O=C(O)C(=O)O. The first-order valence-corrected chi connectivity index (χ1v) is 8.67. The van der Waals surface area contributed by atoms with Crippen molar-refractivity contribution in [2.24, 2.45) is 11.1 Å². The zero-order valence-corrected chi connectivity index (χ0v) is 16.1. The van der Waals surface area contributed by atoms with Crippen molar-refractivity contribution in [2.45, 2.75) is 32.7 Å². The van der Waals surface area contributed by atoms with E-state index in [1.807, 2.05) is 13.8 Å². The summed E-state index contributed by atoms with van der Waals surface area (Å²) < 4.78 is 25.9. The summed E-state index contributed by atoms with van der Waals surface area (Å²) in [5.41, 5.74) is 7.10. The number of halogens is 2. The van der Waals surface area contributed by atoms with Crippen LogP contribution in [0.3, 0.4) is 0 Å². The minimum Gasteiger partial charge on any atom is -0.473 e. The van der Waals surface area contributed by atoms with Crippen molar-refractivity contribution < 1.29 is 33.4 Å². The Bertz CT molecular complexity index is 836. The number of hydrogen-bond donors (Lipinski definition) is 3. The molecule has 0 aromatic heterocycles. The van der Waals surface area contributed by atoms with E-state index < -0.39 is 23.4 Å². The Balaban J connectivity index is 0.000000612. The third kappa shape index (κ3) is 8.18. The fraction of sp³-hybridized carbons (Fsp3) is 0.286. The average Bonchev–Trinajstić information content (AvgIpc) is 2.64. The van der Waals surface area contributed by atoms with Crippen molar-refractivity contribution >= 4 is 17.7 Å². The first-order chi connectivity index (χ1) is 13.4. The van der Waals surface area contributed by atoms with Gasteiger partial charge < -0.3 is 15.9 Å². The summed E-state index contributed by atoms with van der Waals surface area (Å²) in [6.45, 7) is 3.71. The van der Waals surface area contributed by atoms with Crippen LogP contribution < -0.4 is 5.73 Å². The molecule has 2 rings (SSSR count). The lowest BCUT2D eigenvalue weighted by Gasteiger charge is -2.25. The second kappa shape index (κ2) is 10.4. The molecule has 0 aliphatic rings. The normalized spacial score (nSPS) is 11.8. The van der Waals surface area contributed by atoms with Gasteiger partial charge in [-0.15, -0.1) is 0 Å². The van der Waals surface area contributed by atoms with E-state index in [1.54, 1.807) is 24.3 Å². The van der Waals surface area contributed by atoms with Gasteiger partial charge in [-0.2, -0.15) is 0 Å². The van der Waals surface area contributed by atoms with Crippen molar-refractivity contribution in [1.82, 2.24) is 0 Å². The average molecular weight is 407 g/mol. The number of aliphatic carboxylic acids is 2. The fourth-order valence-corrected chi connectivity index (χ4v) is 2.52. The summed E-state index contributed by atoms with van der Waals surface area (Å²) in [6, 6.07) is 11.6. The largest absolute Gasteiger partial charge is 0.473 e. The number of ketones is 1. The number of carboxylic acids is 2. The smallest absolute Gasteiger partial charge is 0.414 e. The molecule has 0 bridgehead atoms. The van der Waals surface area contributed by atoms with E-state index in [4.69, 9.17) is 25.5 Å². The lowest BCUT2D eigenvalue weighted by molar-refractivity contribution is -0.159. The first-order valence-electron chi connectivity index (χ1n) is 8.67. The predicted octanol–water partition coefficient (Wildman–Crippen LogP) is 3.35. The number of carbonyl (C=O) groups excluding carboxylic acids is 1. The van der Waals surface area contributed by atoms with Gasteiger partial charge in [-0.3, -0.25) is 4.79 Å². The zero-order valence-electron chi connectivity index (χ0n) is 16.1. The Kier molecular flexibility index (Phi) is 8.59. The maximum absolute atomic E-state index is 13.0. The van der Waals surface area contributed by atoms with E-state index >= 15 is 0 Å². The van der Waals surface area contributed by atoms with Crippen LogP contribution in [0, 0.1) is 17.0 Å². The molecule has 0 radical (unpaired) electrons. The molecule has 0 spiro atoms. The second-order valence-corrected chi connectivity index (χ2v) is 7.08. The number of benzene rings is 2. The zero-order chi connectivity index (χ0) is 22.2. The van der Waals surface area contributed by atoms with Crippen LogP contribution in [0.1, 0.15) is 37.4 Å². The summed E-state index contributed by atoms with van der Waals surface area (Å²) in [5, 5.41) is 14.8. The Morgan fingerprint density at radius 2 is 1.31 bits per heavy atom. The maximum atomic E-state index is 13.0. The van der Waals surface area contributed by atoms with Gasteiger partial charge in [0.2, 0.25) is 0 Å². The molecule has 2 aromatic carbocycles. The number of hydrogen-bond acceptors (Lipinski definition) is 4.